The number of rotatable bonds is 11. The molecule has 0 aromatic heterocycles. The minimum atomic E-state index is -4.25. The molecular weight excluding hydrogens is 328 g/mol. The van der Waals surface area contributed by atoms with E-state index in [0.717, 1.165) is 0 Å². The highest BCUT2D eigenvalue weighted by molar-refractivity contribution is 4.87. The van der Waals surface area contributed by atoms with Crippen molar-refractivity contribution >= 4 is 0 Å². The van der Waals surface area contributed by atoms with E-state index in [4.69, 9.17) is 10.2 Å². The van der Waals surface area contributed by atoms with Gasteiger partial charge in [-0.25, -0.2) is 9.68 Å². The Morgan fingerprint density at radius 1 is 0.818 bits per heavy atom. The second-order valence-electron chi connectivity index (χ2n) is 3.17. The average Bonchev–Trinajstić information content (AvgIpc) is 2.36. The van der Waals surface area contributed by atoms with Crippen molar-refractivity contribution in [3.05, 3.63) is 40.5 Å². The van der Waals surface area contributed by atoms with Crippen LogP contribution in [0, 0.1) is 40.5 Å². The van der Waals surface area contributed by atoms with Crippen LogP contribution in [0.5, 0.6) is 0 Å². The van der Waals surface area contributed by atoms with Crippen LogP contribution >= 0.6 is 0 Å². The zero-order chi connectivity index (χ0) is 17.6. The normalized spacial score (nSPS) is 11.4. The van der Waals surface area contributed by atoms with Gasteiger partial charge in [0, 0.05) is 4.92 Å². The predicted molar refractivity (Wildman–Crippen MR) is 52.0 cm³/mol. The van der Waals surface area contributed by atoms with Gasteiger partial charge in [0.2, 0.25) is 0 Å². The van der Waals surface area contributed by atoms with Crippen LogP contribution < -0.4 is 0 Å². The molecule has 0 aromatic rings. The molecule has 0 heterocycles. The Labute approximate surface area is 116 Å². The summed E-state index contributed by atoms with van der Waals surface area (Å²) in [6.07, 6.45) is 0. The van der Waals surface area contributed by atoms with Crippen LogP contribution in [0.15, 0.2) is 0 Å². The van der Waals surface area contributed by atoms with Gasteiger partial charge in [0.1, 0.15) is 13.2 Å². The van der Waals surface area contributed by atoms with E-state index in [1.165, 1.54) is 0 Å². The fraction of sp³-hybridized carbons (Fsp3) is 1.00. The van der Waals surface area contributed by atoms with Gasteiger partial charge in [-0.2, -0.15) is 0 Å². The number of nitro groups is 1. The fourth-order valence-corrected chi connectivity index (χ4v) is 1.04. The first-order valence-electron chi connectivity index (χ1n) is 4.60. The quantitative estimate of drug-likeness (QED) is 0.167. The lowest BCUT2D eigenvalue weighted by atomic mass is 10.00. The molecule has 0 aliphatic carbocycles. The number of aliphatic hydroxyl groups excluding tert-OH is 2. The summed E-state index contributed by atoms with van der Waals surface area (Å²) < 4.78 is 0. The van der Waals surface area contributed by atoms with Crippen molar-refractivity contribution in [2.75, 3.05) is 13.2 Å². The minimum Gasteiger partial charge on any atom is -0.388 e. The Bertz CT molecular complexity index is 442. The highest BCUT2D eigenvalue weighted by atomic mass is 17.4. The molecule has 0 amide bonds. The summed E-state index contributed by atoms with van der Waals surface area (Å²) in [5.74, 6) is -4.25. The molecule has 0 bridgehead atoms. The first kappa shape index (κ1) is 18.9. The van der Waals surface area contributed by atoms with Gasteiger partial charge in [-0.15, -0.1) is 40.2 Å². The lowest BCUT2D eigenvalue weighted by molar-refractivity contribution is -0.969. The molecule has 0 atom stereocenters. The Morgan fingerprint density at radius 2 is 1.23 bits per heavy atom. The van der Waals surface area contributed by atoms with Gasteiger partial charge in [0.25, 0.3) is 10.2 Å². The van der Waals surface area contributed by atoms with Crippen LogP contribution in [0.4, 0.5) is 0 Å². The van der Waals surface area contributed by atoms with Crippen LogP contribution in [0.2, 0.25) is 0 Å². The monoisotopic (exact) mass is 334 g/mol. The number of hydrogen-bond acceptors (Lipinski definition) is 14. The molecule has 0 saturated heterocycles. The molecule has 2 N–H and O–H groups in total. The number of aliphatic hydroxyl groups is 2. The van der Waals surface area contributed by atoms with Crippen LogP contribution in [-0.4, -0.2) is 55.1 Å². The SMILES string of the molecule is O=[N+]([O-])OOC(O[N+](=O)[O-])(O[N+](=O)[O-])C(CO)(CO)[N+](=O)[O-]. The molecule has 0 spiro atoms. The van der Waals surface area contributed by atoms with E-state index in [0.29, 0.717) is 0 Å². The lowest BCUT2D eigenvalue weighted by Crippen LogP contribution is -2.69. The van der Waals surface area contributed by atoms with Crippen molar-refractivity contribution in [3.8, 4) is 0 Å². The largest absolute Gasteiger partial charge is 0.465 e. The van der Waals surface area contributed by atoms with E-state index in [1.807, 2.05) is 0 Å². The van der Waals surface area contributed by atoms with Crippen molar-refractivity contribution in [2.24, 2.45) is 0 Å². The third kappa shape index (κ3) is 3.71. The third-order valence-electron chi connectivity index (χ3n) is 2.04. The molecule has 0 fully saturated rings. The van der Waals surface area contributed by atoms with Gasteiger partial charge in [0.05, 0.1) is 0 Å². The molecule has 18 heteroatoms. The summed E-state index contributed by atoms with van der Waals surface area (Å²) in [5, 5.41) is 53.8. The fourth-order valence-electron chi connectivity index (χ4n) is 1.04. The van der Waals surface area contributed by atoms with Crippen LogP contribution in [0.25, 0.3) is 0 Å². The van der Waals surface area contributed by atoms with Gasteiger partial charge < -0.3 is 10.2 Å². The molecule has 0 saturated carbocycles. The van der Waals surface area contributed by atoms with Crippen molar-refractivity contribution in [1.82, 2.24) is 0 Å². The van der Waals surface area contributed by atoms with Gasteiger partial charge >= 0.3 is 16.6 Å². The van der Waals surface area contributed by atoms with Crippen LogP contribution in [0.3, 0.4) is 0 Å². The maximum absolute atomic E-state index is 10.9. The average molecular weight is 334 g/mol. The number of nitrogens with zero attached hydrogens (tertiary/aromatic N) is 4. The molecule has 0 unspecified atom stereocenters. The predicted octanol–water partition coefficient (Wildman–Crippen LogP) is -2.80. The summed E-state index contributed by atoms with van der Waals surface area (Å²) in [5.41, 5.74) is -3.65. The highest BCUT2D eigenvalue weighted by Crippen LogP contribution is 2.33. The summed E-state index contributed by atoms with van der Waals surface area (Å²) in [7, 11) is 0. The first-order chi connectivity index (χ1) is 10.1. The molecular formula is C4H6N4O14. The van der Waals surface area contributed by atoms with Crippen molar-refractivity contribution in [3.63, 3.8) is 0 Å². The zero-order valence-electron chi connectivity index (χ0n) is 10.00. The van der Waals surface area contributed by atoms with Crippen LogP contribution in [-0.2, 0) is 19.6 Å². The topological polar surface area (TPSA) is 250 Å². The van der Waals surface area contributed by atoms with Crippen molar-refractivity contribution in [1.29, 1.82) is 0 Å². The maximum Gasteiger partial charge on any atom is 0.465 e. The van der Waals surface area contributed by atoms with E-state index in [9.17, 15) is 40.5 Å². The van der Waals surface area contributed by atoms with Gasteiger partial charge in [-0.05, 0) is 0 Å². The van der Waals surface area contributed by atoms with E-state index < -0.39 is 44.9 Å². The Hall–Kier alpha value is -3.12. The van der Waals surface area contributed by atoms with Crippen molar-refractivity contribution in [2.45, 2.75) is 11.5 Å². The molecule has 0 aliphatic rings. The molecule has 0 aliphatic heterocycles. The Kier molecular flexibility index (Phi) is 6.05. The smallest absolute Gasteiger partial charge is 0.388 e. The zero-order valence-corrected chi connectivity index (χ0v) is 10.00. The summed E-state index contributed by atoms with van der Waals surface area (Å²) in [6, 6.07) is 0. The summed E-state index contributed by atoms with van der Waals surface area (Å²) >= 11 is 0. The lowest BCUT2D eigenvalue weighted by Gasteiger charge is -2.34. The van der Waals surface area contributed by atoms with Crippen molar-refractivity contribution < 1.29 is 49.9 Å². The molecule has 0 rings (SSSR count). The summed E-state index contributed by atoms with van der Waals surface area (Å²) in [6.45, 7) is -3.81. The molecule has 0 radical (unpaired) electrons. The second kappa shape index (κ2) is 7.05. The first-order valence-corrected chi connectivity index (χ1v) is 4.60. The molecule has 22 heavy (non-hydrogen) atoms. The Balaban J connectivity index is 6.16. The van der Waals surface area contributed by atoms with E-state index in [1.54, 1.807) is 0 Å². The third-order valence-corrected chi connectivity index (χ3v) is 2.04. The van der Waals surface area contributed by atoms with Gasteiger partial charge in [0.15, 0.2) is 0 Å². The van der Waals surface area contributed by atoms with E-state index >= 15 is 0 Å². The van der Waals surface area contributed by atoms with E-state index in [2.05, 4.69) is 19.6 Å². The highest BCUT2D eigenvalue weighted by Gasteiger charge is 2.71. The van der Waals surface area contributed by atoms with Crippen LogP contribution in [0.1, 0.15) is 0 Å². The molecule has 0 aromatic carbocycles. The maximum atomic E-state index is 10.9. The van der Waals surface area contributed by atoms with Gasteiger partial charge in [-0.3, -0.25) is 10.1 Å². The minimum absolute atomic E-state index is 1.72. The standard InChI is InChI=1S/C4H6N4O14/c9-1-3(2-10,5(11)12)4(19-6(13)14,20-7(15)16)21-22-8(17)18/h9-10H,1-2H2. The number of hydrogen-bond donors (Lipinski definition) is 2. The Morgan fingerprint density at radius 3 is 1.45 bits per heavy atom. The molecule has 126 valence electrons. The molecule has 18 nitrogen and oxygen atoms in total. The second-order valence-corrected chi connectivity index (χ2v) is 3.17. The van der Waals surface area contributed by atoms with E-state index in [-0.39, 0.29) is 0 Å². The summed E-state index contributed by atoms with van der Waals surface area (Å²) in [4.78, 5) is 53.4. The van der Waals surface area contributed by atoms with Gasteiger partial charge in [-0.1, -0.05) is 0 Å².